The van der Waals surface area contributed by atoms with Crippen molar-refractivity contribution in [3.05, 3.63) is 69.8 Å². The molecule has 0 saturated heterocycles. The van der Waals surface area contributed by atoms with Crippen LogP contribution in [0.2, 0.25) is 0 Å². The molecule has 0 bridgehead atoms. The van der Waals surface area contributed by atoms with E-state index < -0.39 is 0 Å². The number of nitrogens with zero attached hydrogens (tertiary/aromatic N) is 1. The van der Waals surface area contributed by atoms with E-state index in [-0.39, 0.29) is 11.8 Å². The zero-order valence-corrected chi connectivity index (χ0v) is 16.2. The van der Waals surface area contributed by atoms with Crippen molar-refractivity contribution in [2.75, 3.05) is 7.11 Å². The second-order valence-corrected chi connectivity index (χ2v) is 7.10. The molecule has 1 N–H and O–H groups in total. The third-order valence-electron chi connectivity index (χ3n) is 4.51. The van der Waals surface area contributed by atoms with Gasteiger partial charge in [0.15, 0.2) is 0 Å². The number of benzene rings is 1. The van der Waals surface area contributed by atoms with Crippen LogP contribution in [0.5, 0.6) is 11.5 Å². The summed E-state index contributed by atoms with van der Waals surface area (Å²) >= 11 is 3.41. The number of aromatic nitrogens is 1. The predicted octanol–water partition coefficient (Wildman–Crippen LogP) is 5.20. The van der Waals surface area contributed by atoms with E-state index in [1.165, 1.54) is 11.4 Å². The lowest BCUT2D eigenvalue weighted by Gasteiger charge is -2.23. The summed E-state index contributed by atoms with van der Waals surface area (Å²) < 4.78 is 13.9. The van der Waals surface area contributed by atoms with Gasteiger partial charge < -0.3 is 18.8 Å². The zero-order valence-electron chi connectivity index (χ0n) is 14.6. The number of phenols is 1. The Labute approximate surface area is 156 Å². The highest BCUT2D eigenvalue weighted by Gasteiger charge is 2.20. The van der Waals surface area contributed by atoms with Crippen molar-refractivity contribution in [2.45, 2.75) is 32.7 Å². The predicted molar refractivity (Wildman–Crippen MR) is 101 cm³/mol. The molecule has 0 amide bonds. The van der Waals surface area contributed by atoms with E-state index in [2.05, 4.69) is 46.5 Å². The van der Waals surface area contributed by atoms with Crippen molar-refractivity contribution in [3.8, 4) is 11.5 Å². The molecule has 2 heterocycles. The topological polar surface area (TPSA) is 47.5 Å². The Morgan fingerprint density at radius 3 is 2.48 bits per heavy atom. The first-order valence-electron chi connectivity index (χ1n) is 8.21. The minimum absolute atomic E-state index is 0.131. The summed E-state index contributed by atoms with van der Waals surface area (Å²) in [4.78, 5) is 0. The van der Waals surface area contributed by atoms with Gasteiger partial charge in [-0.3, -0.25) is 0 Å². The maximum absolute atomic E-state index is 10.5. The molecule has 1 unspecified atom stereocenters. The Bertz CT molecular complexity index is 833. The second-order valence-electron chi connectivity index (χ2n) is 6.24. The molecule has 4 nitrogen and oxygen atoms in total. The first-order valence-corrected chi connectivity index (χ1v) is 9.01. The number of methoxy groups -OCH3 is 1. The SMILES string of the molecule is COc1cc(Br)c(O)c(CC(Cc2ccco2)n2c(C)ccc2C)c1. The molecule has 0 aliphatic rings. The lowest BCUT2D eigenvalue weighted by molar-refractivity contribution is 0.397. The molecule has 1 aromatic carbocycles. The number of aromatic hydroxyl groups is 1. The lowest BCUT2D eigenvalue weighted by atomic mass is 10.00. The molecule has 2 aromatic heterocycles. The Balaban J connectivity index is 2.00. The summed E-state index contributed by atoms with van der Waals surface area (Å²) in [5, 5.41) is 10.5. The molecule has 0 radical (unpaired) electrons. The number of hydrogen-bond acceptors (Lipinski definition) is 3. The van der Waals surface area contributed by atoms with Crippen molar-refractivity contribution in [1.82, 2.24) is 4.57 Å². The Morgan fingerprint density at radius 1 is 1.16 bits per heavy atom. The molecule has 25 heavy (non-hydrogen) atoms. The molecule has 0 aliphatic carbocycles. The van der Waals surface area contributed by atoms with Gasteiger partial charge in [0.2, 0.25) is 0 Å². The van der Waals surface area contributed by atoms with Crippen LogP contribution in [0.15, 0.2) is 51.6 Å². The number of hydrogen-bond donors (Lipinski definition) is 1. The number of furan rings is 1. The van der Waals surface area contributed by atoms with E-state index >= 15 is 0 Å². The first kappa shape index (κ1) is 17.7. The number of halogens is 1. The van der Waals surface area contributed by atoms with E-state index in [9.17, 15) is 5.11 Å². The maximum atomic E-state index is 10.5. The molecule has 0 saturated carbocycles. The highest BCUT2D eigenvalue weighted by Crippen LogP contribution is 2.36. The van der Waals surface area contributed by atoms with Crippen molar-refractivity contribution < 1.29 is 14.3 Å². The van der Waals surface area contributed by atoms with Crippen LogP contribution in [0, 0.1) is 13.8 Å². The van der Waals surface area contributed by atoms with Gasteiger partial charge in [-0.2, -0.15) is 0 Å². The van der Waals surface area contributed by atoms with Gasteiger partial charge in [0, 0.05) is 29.4 Å². The van der Waals surface area contributed by atoms with Crippen molar-refractivity contribution in [1.29, 1.82) is 0 Å². The van der Waals surface area contributed by atoms with E-state index in [4.69, 9.17) is 9.15 Å². The number of ether oxygens (including phenoxy) is 1. The maximum Gasteiger partial charge on any atom is 0.133 e. The molecular formula is C20H22BrNO3. The van der Waals surface area contributed by atoms with Crippen LogP contribution in [0.3, 0.4) is 0 Å². The van der Waals surface area contributed by atoms with E-state index in [0.717, 1.165) is 23.5 Å². The Kier molecular flexibility index (Phi) is 5.23. The zero-order chi connectivity index (χ0) is 18.0. The first-order chi connectivity index (χ1) is 12.0. The molecule has 0 fully saturated rings. The van der Waals surface area contributed by atoms with Crippen molar-refractivity contribution in [3.63, 3.8) is 0 Å². The normalized spacial score (nSPS) is 12.3. The number of phenolic OH excluding ortho intramolecular Hbond substituents is 1. The van der Waals surface area contributed by atoms with Crippen molar-refractivity contribution in [2.24, 2.45) is 0 Å². The summed E-state index contributed by atoms with van der Waals surface area (Å²) in [7, 11) is 1.63. The van der Waals surface area contributed by atoms with Gasteiger partial charge in [-0.1, -0.05) is 0 Å². The van der Waals surface area contributed by atoms with Gasteiger partial charge in [0.1, 0.15) is 17.3 Å². The number of rotatable bonds is 6. The fraction of sp³-hybridized carbons (Fsp3) is 0.300. The Morgan fingerprint density at radius 2 is 1.88 bits per heavy atom. The minimum atomic E-state index is 0.131. The highest BCUT2D eigenvalue weighted by molar-refractivity contribution is 9.10. The van der Waals surface area contributed by atoms with Crippen LogP contribution >= 0.6 is 15.9 Å². The molecule has 0 aliphatic heterocycles. The van der Waals surface area contributed by atoms with Crippen LogP contribution < -0.4 is 4.74 Å². The third-order valence-corrected chi connectivity index (χ3v) is 5.12. The van der Waals surface area contributed by atoms with E-state index in [0.29, 0.717) is 10.9 Å². The quantitative estimate of drug-likeness (QED) is 0.614. The number of aryl methyl sites for hydroxylation is 2. The summed E-state index contributed by atoms with van der Waals surface area (Å²) in [5.74, 6) is 1.91. The summed E-state index contributed by atoms with van der Waals surface area (Å²) in [6.07, 6.45) is 3.11. The second kappa shape index (κ2) is 7.40. The van der Waals surface area contributed by atoms with Gasteiger partial charge in [-0.05, 0) is 72.6 Å². The standard InChI is InChI=1S/C20H22BrNO3/c1-13-6-7-14(2)22(13)16(11-17-5-4-8-25-17)9-15-10-18(24-3)12-19(21)20(15)23/h4-8,10,12,16,23H,9,11H2,1-3H3. The largest absolute Gasteiger partial charge is 0.506 e. The monoisotopic (exact) mass is 403 g/mol. The summed E-state index contributed by atoms with van der Waals surface area (Å²) in [6, 6.07) is 11.9. The van der Waals surface area contributed by atoms with Crippen LogP contribution in [0.25, 0.3) is 0 Å². The molecule has 1 atom stereocenters. The fourth-order valence-corrected chi connectivity index (χ4v) is 3.81. The van der Waals surface area contributed by atoms with Crippen molar-refractivity contribution >= 4 is 15.9 Å². The molecule has 3 aromatic rings. The summed E-state index contributed by atoms with van der Waals surface area (Å²) in [6.45, 7) is 4.20. The van der Waals surface area contributed by atoms with Gasteiger partial charge >= 0.3 is 0 Å². The molecule has 3 rings (SSSR count). The van der Waals surface area contributed by atoms with Gasteiger partial charge in [-0.25, -0.2) is 0 Å². The molecule has 132 valence electrons. The highest BCUT2D eigenvalue weighted by atomic mass is 79.9. The van der Waals surface area contributed by atoms with Crippen LogP contribution in [-0.4, -0.2) is 16.8 Å². The van der Waals surface area contributed by atoms with Gasteiger partial charge in [0.05, 0.1) is 17.8 Å². The van der Waals surface area contributed by atoms with Crippen LogP contribution in [0.1, 0.15) is 28.8 Å². The van der Waals surface area contributed by atoms with Gasteiger partial charge in [0.25, 0.3) is 0 Å². The molecule has 0 spiro atoms. The Hall–Kier alpha value is -2.14. The molecule has 5 heteroatoms. The molecular weight excluding hydrogens is 382 g/mol. The van der Waals surface area contributed by atoms with Gasteiger partial charge in [-0.15, -0.1) is 0 Å². The average Bonchev–Trinajstić information content (AvgIpc) is 3.20. The van der Waals surface area contributed by atoms with Crippen LogP contribution in [0.4, 0.5) is 0 Å². The average molecular weight is 404 g/mol. The van der Waals surface area contributed by atoms with Crippen LogP contribution in [-0.2, 0) is 12.8 Å². The lowest BCUT2D eigenvalue weighted by Crippen LogP contribution is -2.17. The smallest absolute Gasteiger partial charge is 0.133 e. The minimum Gasteiger partial charge on any atom is -0.506 e. The summed E-state index contributed by atoms with van der Waals surface area (Å²) in [5.41, 5.74) is 3.22. The van der Waals surface area contributed by atoms with E-state index in [1.54, 1.807) is 19.4 Å². The third kappa shape index (κ3) is 3.76. The van der Waals surface area contributed by atoms with E-state index in [1.807, 2.05) is 18.2 Å². The fourth-order valence-electron chi connectivity index (χ4n) is 3.33.